The Hall–Kier alpha value is -1.88. The first-order valence-corrected chi connectivity index (χ1v) is 7.58. The average molecular weight is 287 g/mol. The van der Waals surface area contributed by atoms with E-state index in [1.165, 1.54) is 0 Å². The Kier molecular flexibility index (Phi) is 3.92. The van der Waals surface area contributed by atoms with Crippen LogP contribution in [-0.2, 0) is 4.79 Å². The van der Waals surface area contributed by atoms with Gasteiger partial charge in [0.1, 0.15) is 0 Å². The van der Waals surface area contributed by atoms with Crippen LogP contribution in [0, 0.1) is 0 Å². The van der Waals surface area contributed by atoms with Crippen molar-refractivity contribution < 1.29 is 9.59 Å². The van der Waals surface area contributed by atoms with Gasteiger partial charge in [0.2, 0.25) is 5.91 Å². The van der Waals surface area contributed by atoms with E-state index in [-0.39, 0.29) is 11.8 Å². The van der Waals surface area contributed by atoms with Crippen LogP contribution in [0.4, 0.5) is 5.69 Å². The molecule has 0 spiro atoms. The van der Waals surface area contributed by atoms with E-state index in [4.69, 9.17) is 0 Å². The second kappa shape index (κ2) is 5.85. The van der Waals surface area contributed by atoms with E-state index in [1.54, 1.807) is 4.90 Å². The highest BCUT2D eigenvalue weighted by Crippen LogP contribution is 2.22. The zero-order valence-corrected chi connectivity index (χ0v) is 12.3. The lowest BCUT2D eigenvalue weighted by Crippen LogP contribution is -2.51. The molecule has 0 radical (unpaired) electrons. The summed E-state index contributed by atoms with van der Waals surface area (Å²) in [5.74, 6) is 0.243. The molecule has 1 aromatic carbocycles. The lowest BCUT2D eigenvalue weighted by molar-refractivity contribution is -0.117. The van der Waals surface area contributed by atoms with Crippen LogP contribution in [0.25, 0.3) is 0 Å². The largest absolute Gasteiger partial charge is 0.336 e. The molecule has 2 aliphatic heterocycles. The van der Waals surface area contributed by atoms with Gasteiger partial charge in [0, 0.05) is 49.9 Å². The fourth-order valence-corrected chi connectivity index (χ4v) is 3.00. The number of nitrogens with one attached hydrogen (secondary N) is 1. The number of carbonyl (C=O) groups excluding carboxylic acids is 2. The minimum absolute atomic E-state index is 0.0719. The summed E-state index contributed by atoms with van der Waals surface area (Å²) in [5.41, 5.74) is 1.59. The Labute approximate surface area is 124 Å². The fraction of sp³-hybridized carbons (Fsp3) is 0.500. The van der Waals surface area contributed by atoms with Gasteiger partial charge >= 0.3 is 0 Å². The average Bonchev–Trinajstić information content (AvgIpc) is 2.93. The van der Waals surface area contributed by atoms with Crippen molar-refractivity contribution in [3.05, 3.63) is 29.8 Å². The third kappa shape index (κ3) is 2.93. The highest BCUT2D eigenvalue weighted by molar-refractivity contribution is 5.97. The molecule has 0 aliphatic carbocycles. The number of carbonyl (C=O) groups is 2. The molecule has 0 saturated carbocycles. The molecule has 112 valence electrons. The second-order valence-electron chi connectivity index (χ2n) is 5.80. The number of hydrogen-bond donors (Lipinski definition) is 1. The highest BCUT2D eigenvalue weighted by atomic mass is 16.2. The van der Waals surface area contributed by atoms with Gasteiger partial charge < -0.3 is 15.1 Å². The Morgan fingerprint density at radius 1 is 1.24 bits per heavy atom. The maximum atomic E-state index is 12.5. The summed E-state index contributed by atoms with van der Waals surface area (Å²) >= 11 is 0. The van der Waals surface area contributed by atoms with Gasteiger partial charge in [0.25, 0.3) is 5.91 Å². The van der Waals surface area contributed by atoms with Crippen LogP contribution < -0.4 is 10.2 Å². The van der Waals surface area contributed by atoms with Crippen LogP contribution in [0.2, 0.25) is 0 Å². The number of piperazine rings is 1. The molecule has 2 fully saturated rings. The minimum atomic E-state index is 0.0719. The summed E-state index contributed by atoms with van der Waals surface area (Å²) in [6, 6.07) is 7.75. The zero-order chi connectivity index (χ0) is 14.8. The van der Waals surface area contributed by atoms with Gasteiger partial charge in [-0.3, -0.25) is 9.59 Å². The van der Waals surface area contributed by atoms with Gasteiger partial charge in [-0.2, -0.15) is 0 Å². The molecule has 2 saturated heterocycles. The van der Waals surface area contributed by atoms with Crippen LogP contribution in [0.5, 0.6) is 0 Å². The number of rotatable bonds is 2. The third-order valence-corrected chi connectivity index (χ3v) is 4.16. The molecular formula is C16H21N3O2. The molecule has 1 N–H and O–H groups in total. The number of anilines is 1. The third-order valence-electron chi connectivity index (χ3n) is 4.16. The zero-order valence-electron chi connectivity index (χ0n) is 12.3. The van der Waals surface area contributed by atoms with E-state index in [9.17, 15) is 9.59 Å². The SMILES string of the molecule is CC1CN(C(=O)c2ccc(N3CCCC3=O)cc2)CCN1. The standard InChI is InChI=1S/C16H21N3O2/c1-12-11-18(10-8-17-12)16(21)13-4-6-14(7-5-13)19-9-2-3-15(19)20/h4-7,12,17H,2-3,8-11H2,1H3. The smallest absolute Gasteiger partial charge is 0.253 e. The first kappa shape index (κ1) is 14.1. The number of nitrogens with zero attached hydrogens (tertiary/aromatic N) is 2. The topological polar surface area (TPSA) is 52.7 Å². The van der Waals surface area contributed by atoms with Crippen LogP contribution in [-0.4, -0.2) is 48.9 Å². The summed E-state index contributed by atoms with van der Waals surface area (Å²) in [6.45, 7) is 5.19. The van der Waals surface area contributed by atoms with E-state index in [1.807, 2.05) is 29.2 Å². The van der Waals surface area contributed by atoms with Crippen LogP contribution in [0.3, 0.4) is 0 Å². The van der Waals surface area contributed by atoms with Crippen molar-refractivity contribution in [1.82, 2.24) is 10.2 Å². The molecule has 5 heteroatoms. The molecule has 2 aliphatic rings. The lowest BCUT2D eigenvalue weighted by atomic mass is 10.1. The summed E-state index contributed by atoms with van der Waals surface area (Å²) in [7, 11) is 0. The number of benzene rings is 1. The van der Waals surface area contributed by atoms with Gasteiger partial charge in [-0.25, -0.2) is 0 Å². The van der Waals surface area contributed by atoms with Gasteiger partial charge in [-0.1, -0.05) is 0 Å². The Balaban J connectivity index is 1.71. The summed E-state index contributed by atoms with van der Waals surface area (Å²) in [6.07, 6.45) is 1.54. The molecule has 2 heterocycles. The quantitative estimate of drug-likeness (QED) is 0.890. The first-order valence-electron chi connectivity index (χ1n) is 7.58. The van der Waals surface area contributed by atoms with Crippen LogP contribution in [0.15, 0.2) is 24.3 Å². The summed E-state index contributed by atoms with van der Waals surface area (Å²) in [4.78, 5) is 27.9. The van der Waals surface area contributed by atoms with Gasteiger partial charge in [-0.15, -0.1) is 0 Å². The van der Waals surface area contributed by atoms with Crippen molar-refractivity contribution in [2.45, 2.75) is 25.8 Å². The molecule has 0 bridgehead atoms. The van der Waals surface area contributed by atoms with E-state index >= 15 is 0 Å². The van der Waals surface area contributed by atoms with Gasteiger partial charge in [-0.05, 0) is 37.6 Å². The maximum absolute atomic E-state index is 12.5. The lowest BCUT2D eigenvalue weighted by Gasteiger charge is -2.32. The number of amides is 2. The van der Waals surface area contributed by atoms with Gasteiger partial charge in [0.15, 0.2) is 0 Å². The van der Waals surface area contributed by atoms with Crippen molar-refractivity contribution in [3.8, 4) is 0 Å². The van der Waals surface area contributed by atoms with Crippen molar-refractivity contribution in [1.29, 1.82) is 0 Å². The van der Waals surface area contributed by atoms with Crippen molar-refractivity contribution in [2.75, 3.05) is 31.1 Å². The molecule has 21 heavy (non-hydrogen) atoms. The molecule has 1 unspecified atom stereocenters. The summed E-state index contributed by atoms with van der Waals surface area (Å²) in [5, 5.41) is 3.33. The Morgan fingerprint density at radius 2 is 2.00 bits per heavy atom. The van der Waals surface area contributed by atoms with Crippen LogP contribution in [0.1, 0.15) is 30.1 Å². The second-order valence-corrected chi connectivity index (χ2v) is 5.80. The first-order chi connectivity index (χ1) is 10.1. The number of hydrogen-bond acceptors (Lipinski definition) is 3. The highest BCUT2D eigenvalue weighted by Gasteiger charge is 2.23. The monoisotopic (exact) mass is 287 g/mol. The maximum Gasteiger partial charge on any atom is 0.253 e. The minimum Gasteiger partial charge on any atom is -0.336 e. The Bertz CT molecular complexity index is 541. The normalized spacial score (nSPS) is 22.7. The van der Waals surface area contributed by atoms with Crippen molar-refractivity contribution >= 4 is 17.5 Å². The molecule has 1 aromatic rings. The Morgan fingerprint density at radius 3 is 2.62 bits per heavy atom. The van der Waals surface area contributed by atoms with E-state index in [0.29, 0.717) is 18.0 Å². The van der Waals surface area contributed by atoms with E-state index in [2.05, 4.69) is 12.2 Å². The summed E-state index contributed by atoms with van der Waals surface area (Å²) < 4.78 is 0. The van der Waals surface area contributed by atoms with Crippen molar-refractivity contribution in [3.63, 3.8) is 0 Å². The predicted octanol–water partition coefficient (Wildman–Crippen LogP) is 1.25. The molecule has 2 amide bonds. The van der Waals surface area contributed by atoms with Gasteiger partial charge in [0.05, 0.1) is 0 Å². The molecule has 1 atom stereocenters. The molecule has 0 aromatic heterocycles. The molecule has 5 nitrogen and oxygen atoms in total. The fourth-order valence-electron chi connectivity index (χ4n) is 3.00. The van der Waals surface area contributed by atoms with Crippen LogP contribution >= 0.6 is 0 Å². The predicted molar refractivity (Wildman–Crippen MR) is 81.4 cm³/mol. The molecule has 3 rings (SSSR count). The van der Waals surface area contributed by atoms with E-state index < -0.39 is 0 Å². The van der Waals surface area contributed by atoms with Crippen molar-refractivity contribution in [2.24, 2.45) is 0 Å². The van der Waals surface area contributed by atoms with E-state index in [0.717, 1.165) is 38.3 Å². The molecular weight excluding hydrogens is 266 g/mol.